The van der Waals surface area contributed by atoms with Crippen LogP contribution in [-0.2, 0) is 24.0 Å². The van der Waals surface area contributed by atoms with E-state index in [9.17, 15) is 29.1 Å². The van der Waals surface area contributed by atoms with Gasteiger partial charge in [0.1, 0.15) is 18.1 Å². The Morgan fingerprint density at radius 1 is 0.893 bits per heavy atom. The summed E-state index contributed by atoms with van der Waals surface area (Å²) in [5.41, 5.74) is 10.5. The molecule has 0 saturated heterocycles. The van der Waals surface area contributed by atoms with Gasteiger partial charge in [0, 0.05) is 5.75 Å². The minimum atomic E-state index is -1.41. The van der Waals surface area contributed by atoms with Gasteiger partial charge >= 0.3 is 5.97 Å². The number of carbonyl (C=O) groups excluding carboxylic acids is 4. The summed E-state index contributed by atoms with van der Waals surface area (Å²) >= 11 is 3.98. The number of nitrogens with one attached hydrogen (secondary N) is 3. The normalized spacial score (nSPS) is 15.1. The molecule has 0 saturated carbocycles. The number of hydrogen-bond donors (Lipinski definition) is 7. The molecule has 0 aliphatic rings. The molecule has 0 fully saturated rings. The van der Waals surface area contributed by atoms with Crippen molar-refractivity contribution in [2.24, 2.45) is 17.4 Å². The molecule has 4 atom stereocenters. The van der Waals surface area contributed by atoms with Crippen LogP contribution in [0.25, 0.3) is 0 Å². The molecule has 0 radical (unpaired) electrons. The van der Waals surface area contributed by atoms with Gasteiger partial charge in [0.25, 0.3) is 0 Å². The van der Waals surface area contributed by atoms with Crippen molar-refractivity contribution in [1.82, 2.24) is 16.0 Å². The molecule has 0 heterocycles. The number of amides is 4. The van der Waals surface area contributed by atoms with E-state index in [1.807, 2.05) is 0 Å². The molecule has 8 N–H and O–H groups in total. The van der Waals surface area contributed by atoms with Gasteiger partial charge in [0.05, 0.1) is 12.5 Å². The SMILES string of the molecule is CC(C)CC(NC(=O)C(CC(N)=O)NC(=O)C(CS)NC(=O)C(C)N)C(=O)O. The van der Waals surface area contributed by atoms with Crippen LogP contribution in [0.3, 0.4) is 0 Å². The fourth-order valence-corrected chi connectivity index (χ4v) is 2.40. The molecule has 28 heavy (non-hydrogen) atoms. The summed E-state index contributed by atoms with van der Waals surface area (Å²) in [5, 5.41) is 16.2. The molecule has 0 aromatic rings. The number of hydrogen-bond acceptors (Lipinski definition) is 7. The highest BCUT2D eigenvalue weighted by Crippen LogP contribution is 2.06. The summed E-state index contributed by atoms with van der Waals surface area (Å²) in [6.07, 6.45) is -0.395. The fraction of sp³-hybridized carbons (Fsp3) is 0.688. The molecule has 0 aromatic carbocycles. The average molecular weight is 420 g/mol. The van der Waals surface area contributed by atoms with E-state index in [2.05, 4.69) is 28.6 Å². The topological polar surface area (TPSA) is 194 Å². The maximum atomic E-state index is 12.4. The Morgan fingerprint density at radius 2 is 1.36 bits per heavy atom. The van der Waals surface area contributed by atoms with Gasteiger partial charge in [-0.05, 0) is 19.3 Å². The van der Waals surface area contributed by atoms with Crippen molar-refractivity contribution in [1.29, 1.82) is 0 Å². The Kier molecular flexibility index (Phi) is 11.2. The first-order valence-corrected chi connectivity index (χ1v) is 9.30. The molecule has 160 valence electrons. The van der Waals surface area contributed by atoms with E-state index in [4.69, 9.17) is 11.5 Å². The zero-order chi connectivity index (χ0) is 22.0. The first-order valence-electron chi connectivity index (χ1n) is 8.67. The standard InChI is InChI=1S/C16H29N5O6S/c1-7(2)4-10(16(26)27)20-14(24)9(5-12(18)22)19-15(25)11(6-28)21-13(23)8(3)17/h7-11,28H,4-6,17H2,1-3H3,(H2,18,22)(H,19,25)(H,20,24)(H,21,23)(H,26,27). The Balaban J connectivity index is 5.25. The molecule has 0 rings (SSSR count). The zero-order valence-corrected chi connectivity index (χ0v) is 17.0. The molecule has 4 unspecified atom stereocenters. The van der Waals surface area contributed by atoms with Crippen LogP contribution < -0.4 is 27.4 Å². The quantitative estimate of drug-likeness (QED) is 0.173. The largest absolute Gasteiger partial charge is 0.480 e. The lowest BCUT2D eigenvalue weighted by Crippen LogP contribution is -2.58. The van der Waals surface area contributed by atoms with Crippen LogP contribution in [0.4, 0.5) is 0 Å². The number of carbonyl (C=O) groups is 5. The van der Waals surface area contributed by atoms with Crippen molar-refractivity contribution in [3.8, 4) is 0 Å². The first kappa shape index (κ1) is 25.7. The molecular weight excluding hydrogens is 390 g/mol. The van der Waals surface area contributed by atoms with Crippen molar-refractivity contribution in [2.75, 3.05) is 5.75 Å². The van der Waals surface area contributed by atoms with Gasteiger partial charge in [0.2, 0.25) is 23.6 Å². The lowest BCUT2D eigenvalue weighted by molar-refractivity contribution is -0.143. The van der Waals surface area contributed by atoms with Gasteiger partial charge in [-0.1, -0.05) is 13.8 Å². The van der Waals surface area contributed by atoms with E-state index in [1.165, 1.54) is 6.92 Å². The Bertz CT molecular complexity index is 598. The van der Waals surface area contributed by atoms with Crippen molar-refractivity contribution in [3.05, 3.63) is 0 Å². The molecule has 11 nitrogen and oxygen atoms in total. The van der Waals surface area contributed by atoms with Gasteiger partial charge in [-0.3, -0.25) is 19.2 Å². The molecular formula is C16H29N5O6S. The van der Waals surface area contributed by atoms with Crippen LogP contribution in [0.5, 0.6) is 0 Å². The fourth-order valence-electron chi connectivity index (χ4n) is 2.15. The predicted molar refractivity (Wildman–Crippen MR) is 104 cm³/mol. The predicted octanol–water partition coefficient (Wildman–Crippen LogP) is -2.28. The lowest BCUT2D eigenvalue weighted by atomic mass is 10.0. The smallest absolute Gasteiger partial charge is 0.326 e. The second-order valence-corrected chi connectivity index (χ2v) is 7.16. The number of carboxylic acids is 1. The Hall–Kier alpha value is -2.34. The van der Waals surface area contributed by atoms with E-state index < -0.39 is 60.2 Å². The van der Waals surface area contributed by atoms with Gasteiger partial charge in [-0.15, -0.1) is 0 Å². The van der Waals surface area contributed by atoms with Crippen molar-refractivity contribution < 1.29 is 29.1 Å². The average Bonchev–Trinajstić information content (AvgIpc) is 2.56. The third kappa shape index (κ3) is 9.55. The molecule has 0 aromatic heterocycles. The van der Waals surface area contributed by atoms with E-state index in [1.54, 1.807) is 13.8 Å². The third-order valence-electron chi connectivity index (χ3n) is 3.59. The van der Waals surface area contributed by atoms with Crippen LogP contribution in [0, 0.1) is 5.92 Å². The summed E-state index contributed by atoms with van der Waals surface area (Å²) in [4.78, 5) is 59.0. The highest BCUT2D eigenvalue weighted by Gasteiger charge is 2.30. The zero-order valence-electron chi connectivity index (χ0n) is 16.1. The maximum absolute atomic E-state index is 12.4. The van der Waals surface area contributed by atoms with E-state index in [-0.39, 0.29) is 18.1 Å². The highest BCUT2D eigenvalue weighted by atomic mass is 32.1. The summed E-state index contributed by atoms with van der Waals surface area (Å²) in [6.45, 7) is 4.99. The second kappa shape index (κ2) is 12.2. The highest BCUT2D eigenvalue weighted by molar-refractivity contribution is 7.80. The van der Waals surface area contributed by atoms with E-state index >= 15 is 0 Å². The van der Waals surface area contributed by atoms with Crippen LogP contribution >= 0.6 is 12.6 Å². The monoisotopic (exact) mass is 419 g/mol. The van der Waals surface area contributed by atoms with Gasteiger partial charge in [-0.25, -0.2) is 4.79 Å². The van der Waals surface area contributed by atoms with Crippen molar-refractivity contribution in [3.63, 3.8) is 0 Å². The first-order chi connectivity index (χ1) is 12.9. The Labute approximate surface area is 168 Å². The van der Waals surface area contributed by atoms with Gasteiger partial charge < -0.3 is 32.5 Å². The summed E-state index contributed by atoms with van der Waals surface area (Å²) in [5.74, 6) is -4.51. The summed E-state index contributed by atoms with van der Waals surface area (Å²) < 4.78 is 0. The maximum Gasteiger partial charge on any atom is 0.326 e. The number of aliphatic carboxylic acids is 1. The minimum Gasteiger partial charge on any atom is -0.480 e. The van der Waals surface area contributed by atoms with E-state index in [0.717, 1.165) is 0 Å². The molecule has 0 spiro atoms. The van der Waals surface area contributed by atoms with E-state index in [0.29, 0.717) is 0 Å². The molecule has 0 bridgehead atoms. The number of rotatable bonds is 12. The second-order valence-electron chi connectivity index (χ2n) is 6.79. The van der Waals surface area contributed by atoms with Crippen molar-refractivity contribution in [2.45, 2.75) is 57.8 Å². The number of primary amides is 1. The van der Waals surface area contributed by atoms with Gasteiger partial charge in [-0.2, -0.15) is 12.6 Å². The number of nitrogens with two attached hydrogens (primary N) is 2. The molecule has 0 aliphatic carbocycles. The van der Waals surface area contributed by atoms with Crippen LogP contribution in [0.1, 0.15) is 33.6 Å². The van der Waals surface area contributed by atoms with Gasteiger partial charge in [0.15, 0.2) is 0 Å². The summed E-state index contributed by atoms with van der Waals surface area (Å²) in [7, 11) is 0. The van der Waals surface area contributed by atoms with Crippen LogP contribution in [0.15, 0.2) is 0 Å². The summed E-state index contributed by atoms with van der Waals surface area (Å²) in [6, 6.07) is -4.59. The lowest BCUT2D eigenvalue weighted by Gasteiger charge is -2.24. The van der Waals surface area contributed by atoms with Crippen molar-refractivity contribution >= 4 is 42.2 Å². The molecule has 4 amide bonds. The molecule has 12 heteroatoms. The number of thiol groups is 1. The third-order valence-corrected chi connectivity index (χ3v) is 3.95. The minimum absolute atomic E-state index is 0.0207. The van der Waals surface area contributed by atoms with Crippen LogP contribution in [-0.4, -0.2) is 64.6 Å². The van der Waals surface area contributed by atoms with Crippen LogP contribution in [0.2, 0.25) is 0 Å². The number of carboxylic acid groups (broad SMARTS) is 1. The Morgan fingerprint density at radius 3 is 1.75 bits per heavy atom. The molecule has 0 aliphatic heterocycles.